The molecule has 0 aliphatic heterocycles. The molecule has 67 heavy (non-hydrogen) atoms. The van der Waals surface area contributed by atoms with E-state index in [1.54, 1.807) is 0 Å². The lowest BCUT2D eigenvalue weighted by molar-refractivity contribution is 1.18. The maximum atomic E-state index is 5.26. The Bertz CT molecular complexity index is 3790. The zero-order chi connectivity index (χ0) is 44.3. The summed E-state index contributed by atoms with van der Waals surface area (Å²) < 4.78 is 4.75. The maximum Gasteiger partial charge on any atom is 0.0704 e. The molecule has 0 spiro atoms. The fourth-order valence-electron chi connectivity index (χ4n) is 10.2. The second-order valence-corrected chi connectivity index (χ2v) is 17.2. The Morgan fingerprint density at radius 2 is 0.761 bits per heavy atom. The zero-order valence-corrected chi connectivity index (χ0v) is 36.5. The first-order valence-corrected chi connectivity index (χ1v) is 22.9. The molecule has 4 heteroatoms. The van der Waals surface area contributed by atoms with Crippen molar-refractivity contribution in [3.63, 3.8) is 0 Å². The number of nitrogens with zero attached hydrogens (tertiary/aromatic N) is 4. The Kier molecular flexibility index (Phi) is 9.14. The second-order valence-electron chi connectivity index (χ2n) is 17.2. The van der Waals surface area contributed by atoms with Crippen molar-refractivity contribution in [3.8, 4) is 44.9 Å². The summed E-state index contributed by atoms with van der Waals surface area (Å²) in [6.07, 6.45) is 2.01. The van der Waals surface area contributed by atoms with Gasteiger partial charge in [-0.25, -0.2) is 0 Å². The Morgan fingerprint density at radius 1 is 0.284 bits per heavy atom. The lowest BCUT2D eigenvalue weighted by Gasteiger charge is -2.25. The zero-order valence-electron chi connectivity index (χ0n) is 36.5. The van der Waals surface area contributed by atoms with Gasteiger partial charge in [-0.1, -0.05) is 133 Å². The van der Waals surface area contributed by atoms with Crippen LogP contribution < -0.4 is 4.90 Å². The normalized spacial score (nSPS) is 11.6. The molecular formula is C63H42N4. The minimum absolute atomic E-state index is 0.905. The number of fused-ring (bicyclic) bond motifs is 7. The highest BCUT2D eigenvalue weighted by Gasteiger charge is 2.18. The van der Waals surface area contributed by atoms with Crippen LogP contribution in [0.5, 0.6) is 0 Å². The van der Waals surface area contributed by atoms with E-state index in [-0.39, 0.29) is 0 Å². The molecule has 0 atom stereocenters. The summed E-state index contributed by atoms with van der Waals surface area (Å²) in [6.45, 7) is 0. The predicted molar refractivity (Wildman–Crippen MR) is 281 cm³/mol. The van der Waals surface area contributed by atoms with Gasteiger partial charge in [-0.3, -0.25) is 4.98 Å². The Hall–Kier alpha value is -8.99. The van der Waals surface area contributed by atoms with Gasteiger partial charge in [-0.15, -0.1) is 0 Å². The highest BCUT2D eigenvalue weighted by Crippen LogP contribution is 2.41. The molecule has 3 heterocycles. The van der Waals surface area contributed by atoms with Gasteiger partial charge < -0.3 is 14.0 Å². The first-order valence-electron chi connectivity index (χ1n) is 22.9. The van der Waals surface area contributed by atoms with Crippen LogP contribution in [0, 0.1) is 0 Å². The van der Waals surface area contributed by atoms with Gasteiger partial charge in [0, 0.05) is 49.9 Å². The third kappa shape index (κ3) is 6.65. The van der Waals surface area contributed by atoms with E-state index in [0.717, 1.165) is 61.9 Å². The topological polar surface area (TPSA) is 26.0 Å². The molecule has 10 aromatic carbocycles. The molecule has 13 aromatic rings. The second kappa shape index (κ2) is 15.9. The molecule has 4 nitrogen and oxygen atoms in total. The van der Waals surface area contributed by atoms with E-state index in [1.807, 2.05) is 6.20 Å². The highest BCUT2D eigenvalue weighted by molar-refractivity contribution is 6.12. The largest absolute Gasteiger partial charge is 0.309 e. The molecule has 0 unspecified atom stereocenters. The van der Waals surface area contributed by atoms with E-state index in [2.05, 4.69) is 263 Å². The van der Waals surface area contributed by atoms with Crippen LogP contribution in [0.15, 0.2) is 255 Å². The van der Waals surface area contributed by atoms with Crippen LogP contribution in [0.3, 0.4) is 0 Å². The predicted octanol–water partition coefficient (Wildman–Crippen LogP) is 16.9. The van der Waals surface area contributed by atoms with E-state index in [9.17, 15) is 0 Å². The Labute approximate surface area is 388 Å². The van der Waals surface area contributed by atoms with E-state index < -0.39 is 0 Å². The SMILES string of the molecule is c1ccc(N(c2ccc(-c3cc(-c4ccc5c(c4)c4ccccc4n5-c4ccccc4)cc(-c4ccc5c(c4)c4ccccc4n5-c4ccccc4)c3)nc2)c2ccc3ccccc3c2)cc1. The number of hydrogen-bond donors (Lipinski definition) is 0. The summed E-state index contributed by atoms with van der Waals surface area (Å²) in [5.41, 5.74) is 16.7. The molecule has 13 rings (SSSR count). The van der Waals surface area contributed by atoms with Crippen molar-refractivity contribution in [3.05, 3.63) is 255 Å². The Balaban J connectivity index is 0.981. The van der Waals surface area contributed by atoms with E-state index in [1.165, 1.54) is 54.4 Å². The minimum Gasteiger partial charge on any atom is -0.309 e. The first-order chi connectivity index (χ1) is 33.2. The van der Waals surface area contributed by atoms with Gasteiger partial charge in [0.05, 0.1) is 39.6 Å². The van der Waals surface area contributed by atoms with Crippen molar-refractivity contribution in [2.45, 2.75) is 0 Å². The molecule has 3 aromatic heterocycles. The fraction of sp³-hybridized carbons (Fsp3) is 0. The molecule has 0 aliphatic carbocycles. The number of aromatic nitrogens is 3. The summed E-state index contributed by atoms with van der Waals surface area (Å²) in [5, 5.41) is 7.30. The van der Waals surface area contributed by atoms with Crippen LogP contribution in [0.4, 0.5) is 17.1 Å². The van der Waals surface area contributed by atoms with Crippen molar-refractivity contribution in [1.29, 1.82) is 0 Å². The quantitative estimate of drug-likeness (QED) is 0.152. The summed E-state index contributed by atoms with van der Waals surface area (Å²) in [4.78, 5) is 7.54. The van der Waals surface area contributed by atoms with Crippen LogP contribution in [0.2, 0.25) is 0 Å². The molecule has 0 N–H and O–H groups in total. The number of hydrogen-bond acceptors (Lipinski definition) is 2. The number of para-hydroxylation sites is 5. The van der Waals surface area contributed by atoms with E-state index in [4.69, 9.17) is 4.98 Å². The number of anilines is 3. The van der Waals surface area contributed by atoms with Crippen LogP contribution in [0.1, 0.15) is 0 Å². The van der Waals surface area contributed by atoms with Crippen LogP contribution in [-0.4, -0.2) is 14.1 Å². The lowest BCUT2D eigenvalue weighted by Crippen LogP contribution is -2.10. The van der Waals surface area contributed by atoms with Gasteiger partial charge in [0.1, 0.15) is 0 Å². The van der Waals surface area contributed by atoms with Crippen LogP contribution in [-0.2, 0) is 0 Å². The van der Waals surface area contributed by atoms with Gasteiger partial charge in [0.15, 0.2) is 0 Å². The van der Waals surface area contributed by atoms with Crippen molar-refractivity contribution in [1.82, 2.24) is 14.1 Å². The number of benzene rings is 10. The van der Waals surface area contributed by atoms with Gasteiger partial charge in [0.25, 0.3) is 0 Å². The smallest absolute Gasteiger partial charge is 0.0704 e. The standard InChI is InChI=1S/C63H42N4/c1-4-18-50(19-5-1)65(53-31-28-43-16-10-11-17-44(43)39-53)54-32-33-59(64-42-54)49-37-47(45-29-34-62-57(40-45)55-24-12-14-26-60(55)66(62)51-20-6-2-7-21-51)36-48(38-49)46-30-35-63-58(41-46)56-25-13-15-27-61(56)67(63)52-22-8-3-9-23-52/h1-42H. The van der Waals surface area contributed by atoms with E-state index in [0.29, 0.717) is 0 Å². The summed E-state index contributed by atoms with van der Waals surface area (Å²) >= 11 is 0. The molecular weight excluding hydrogens is 813 g/mol. The van der Waals surface area contributed by atoms with Crippen molar-refractivity contribution in [2.24, 2.45) is 0 Å². The molecule has 0 amide bonds. The van der Waals surface area contributed by atoms with Crippen molar-refractivity contribution >= 4 is 71.4 Å². The molecule has 0 radical (unpaired) electrons. The van der Waals surface area contributed by atoms with E-state index >= 15 is 0 Å². The fourth-order valence-corrected chi connectivity index (χ4v) is 10.2. The van der Waals surface area contributed by atoms with Gasteiger partial charge >= 0.3 is 0 Å². The molecule has 0 saturated heterocycles. The number of pyridine rings is 1. The summed E-state index contributed by atoms with van der Waals surface area (Å²) in [7, 11) is 0. The van der Waals surface area contributed by atoms with Gasteiger partial charge in [0.2, 0.25) is 0 Å². The lowest BCUT2D eigenvalue weighted by atomic mass is 9.93. The molecule has 0 bridgehead atoms. The minimum atomic E-state index is 0.905. The maximum absolute atomic E-state index is 5.26. The number of rotatable bonds is 8. The third-order valence-electron chi connectivity index (χ3n) is 13.3. The summed E-state index contributed by atoms with van der Waals surface area (Å²) in [5.74, 6) is 0. The average molecular weight is 855 g/mol. The van der Waals surface area contributed by atoms with Crippen LogP contribution >= 0.6 is 0 Å². The monoisotopic (exact) mass is 854 g/mol. The van der Waals surface area contributed by atoms with Crippen LogP contribution in [0.25, 0.3) is 99.3 Å². The molecule has 0 fully saturated rings. The first kappa shape index (κ1) is 38.5. The molecule has 0 saturated carbocycles. The van der Waals surface area contributed by atoms with Gasteiger partial charge in [-0.2, -0.15) is 0 Å². The van der Waals surface area contributed by atoms with Gasteiger partial charge in [-0.05, 0) is 148 Å². The molecule has 314 valence electrons. The molecule has 0 aliphatic rings. The highest BCUT2D eigenvalue weighted by atomic mass is 15.1. The van der Waals surface area contributed by atoms with Crippen molar-refractivity contribution < 1.29 is 0 Å². The van der Waals surface area contributed by atoms with Crippen molar-refractivity contribution in [2.75, 3.05) is 4.90 Å². The third-order valence-corrected chi connectivity index (χ3v) is 13.3. The Morgan fingerprint density at radius 3 is 1.33 bits per heavy atom. The summed E-state index contributed by atoms with van der Waals surface area (Å²) in [6, 6.07) is 89.7. The average Bonchev–Trinajstić information content (AvgIpc) is 3.92.